The lowest BCUT2D eigenvalue weighted by molar-refractivity contribution is 0.102. The minimum Gasteiger partial charge on any atom is -0.307 e. The number of carbonyl (C=O) groups excluding carboxylic acids is 1. The van der Waals surface area contributed by atoms with Crippen LogP contribution in [0.4, 0.5) is 5.82 Å². The van der Waals surface area contributed by atoms with E-state index in [9.17, 15) is 13.2 Å². The molecule has 1 N–H and O–H groups in total. The first-order valence-electron chi connectivity index (χ1n) is 7.72. The van der Waals surface area contributed by atoms with Gasteiger partial charge in [0.15, 0.2) is 9.84 Å². The number of hydrogen-bond acceptors (Lipinski definition) is 4. The summed E-state index contributed by atoms with van der Waals surface area (Å²) in [5, 5.41) is 7.51. The Balaban J connectivity index is 1.87. The molecule has 0 unspecified atom stereocenters. The molecule has 8 heteroatoms. The summed E-state index contributed by atoms with van der Waals surface area (Å²) >= 11 is 6.17. The number of aromatic nitrogens is 2. The Morgan fingerprint density at radius 1 is 1.12 bits per heavy atom. The van der Waals surface area contributed by atoms with E-state index < -0.39 is 15.7 Å². The first kappa shape index (κ1) is 18.2. The zero-order valence-electron chi connectivity index (χ0n) is 13.9. The fourth-order valence-electron chi connectivity index (χ4n) is 2.51. The van der Waals surface area contributed by atoms with Crippen molar-refractivity contribution in [3.63, 3.8) is 0 Å². The monoisotopic (exact) mass is 389 g/mol. The average molecular weight is 390 g/mol. The Labute approximate surface area is 156 Å². The molecule has 0 spiro atoms. The van der Waals surface area contributed by atoms with Crippen molar-refractivity contribution in [2.75, 3.05) is 11.6 Å². The van der Waals surface area contributed by atoms with Gasteiger partial charge in [-0.3, -0.25) is 4.79 Å². The number of nitrogens with zero attached hydrogens (tertiary/aromatic N) is 2. The Hall–Kier alpha value is -2.64. The highest BCUT2D eigenvalue weighted by Gasteiger charge is 2.19. The molecule has 2 aromatic carbocycles. The van der Waals surface area contributed by atoms with Crippen LogP contribution in [0.3, 0.4) is 0 Å². The maximum absolute atomic E-state index is 12.6. The lowest BCUT2D eigenvalue weighted by Crippen LogP contribution is -2.18. The zero-order chi connectivity index (χ0) is 18.7. The predicted molar refractivity (Wildman–Crippen MR) is 100 cm³/mol. The van der Waals surface area contributed by atoms with Gasteiger partial charge in [0.05, 0.1) is 23.2 Å². The van der Waals surface area contributed by atoms with E-state index in [0.717, 1.165) is 11.8 Å². The van der Waals surface area contributed by atoms with Gasteiger partial charge >= 0.3 is 0 Å². The molecule has 0 aliphatic rings. The molecule has 1 amide bonds. The molecule has 0 aliphatic heterocycles. The Morgan fingerprint density at radius 2 is 1.81 bits per heavy atom. The van der Waals surface area contributed by atoms with Crippen LogP contribution in [0.25, 0.3) is 0 Å². The van der Waals surface area contributed by atoms with Crippen LogP contribution in [0.2, 0.25) is 5.02 Å². The predicted octanol–water partition coefficient (Wildman–Crippen LogP) is 3.24. The topological polar surface area (TPSA) is 81.1 Å². The van der Waals surface area contributed by atoms with Gasteiger partial charge in [-0.1, -0.05) is 41.9 Å². The summed E-state index contributed by atoms with van der Waals surface area (Å²) in [6, 6.07) is 15.1. The quantitative estimate of drug-likeness (QED) is 0.726. The number of nitrogens with one attached hydrogen (secondary N) is 1. The Morgan fingerprint density at radius 3 is 2.54 bits per heavy atom. The summed E-state index contributed by atoms with van der Waals surface area (Å²) in [4.78, 5) is 12.6. The molecule has 0 fully saturated rings. The number of amides is 1. The standard InChI is InChI=1S/C18H16ClN3O3S/c1-26(24,25)16-9-5-3-7-14(16)18(23)21-17-10-11-20-22(17)12-13-6-2-4-8-15(13)19/h2-11H,12H2,1H3,(H,21,23). The van der Waals surface area contributed by atoms with Gasteiger partial charge < -0.3 is 5.32 Å². The maximum atomic E-state index is 12.6. The molecule has 0 atom stereocenters. The lowest BCUT2D eigenvalue weighted by Gasteiger charge is -2.11. The van der Waals surface area contributed by atoms with Crippen molar-refractivity contribution in [3.05, 3.63) is 76.9 Å². The van der Waals surface area contributed by atoms with Gasteiger partial charge in [0.1, 0.15) is 5.82 Å². The third-order valence-corrected chi connectivity index (χ3v) is 5.29. The highest BCUT2D eigenvalue weighted by Crippen LogP contribution is 2.20. The van der Waals surface area contributed by atoms with Gasteiger partial charge in [-0.2, -0.15) is 5.10 Å². The minimum atomic E-state index is -3.52. The second-order valence-electron chi connectivity index (χ2n) is 5.69. The average Bonchev–Trinajstić information content (AvgIpc) is 3.03. The summed E-state index contributed by atoms with van der Waals surface area (Å²) in [6.07, 6.45) is 2.62. The molecule has 134 valence electrons. The second-order valence-corrected chi connectivity index (χ2v) is 8.08. The van der Waals surface area contributed by atoms with Crippen LogP contribution in [0.1, 0.15) is 15.9 Å². The Bertz CT molecular complexity index is 1060. The van der Waals surface area contributed by atoms with Crippen LogP contribution in [0.15, 0.2) is 65.7 Å². The largest absolute Gasteiger partial charge is 0.307 e. The molecule has 1 heterocycles. The van der Waals surface area contributed by atoms with Crippen molar-refractivity contribution < 1.29 is 13.2 Å². The lowest BCUT2D eigenvalue weighted by atomic mass is 10.2. The number of rotatable bonds is 5. The van der Waals surface area contributed by atoms with Gasteiger partial charge in [-0.25, -0.2) is 13.1 Å². The molecule has 0 saturated carbocycles. The highest BCUT2D eigenvalue weighted by atomic mass is 35.5. The number of anilines is 1. The summed E-state index contributed by atoms with van der Waals surface area (Å²) < 4.78 is 25.4. The number of sulfone groups is 1. The van der Waals surface area contributed by atoms with Crippen LogP contribution < -0.4 is 5.32 Å². The molecule has 0 bridgehead atoms. The van der Waals surface area contributed by atoms with Crippen molar-refractivity contribution in [3.8, 4) is 0 Å². The van der Waals surface area contributed by atoms with Crippen LogP contribution in [0.5, 0.6) is 0 Å². The summed E-state index contributed by atoms with van der Waals surface area (Å²) in [7, 11) is -3.52. The van der Waals surface area contributed by atoms with E-state index >= 15 is 0 Å². The van der Waals surface area contributed by atoms with Gasteiger partial charge in [0.2, 0.25) is 0 Å². The summed E-state index contributed by atoms with van der Waals surface area (Å²) in [5.74, 6) is -0.0786. The van der Waals surface area contributed by atoms with Crippen LogP contribution in [0, 0.1) is 0 Å². The molecule has 0 saturated heterocycles. The van der Waals surface area contributed by atoms with E-state index in [-0.39, 0.29) is 10.5 Å². The van der Waals surface area contributed by atoms with Crippen molar-refractivity contribution in [2.45, 2.75) is 11.4 Å². The van der Waals surface area contributed by atoms with Gasteiger partial charge in [0.25, 0.3) is 5.91 Å². The normalized spacial score (nSPS) is 11.3. The Kier molecular flexibility index (Phi) is 5.11. The summed E-state index contributed by atoms with van der Waals surface area (Å²) in [5.41, 5.74) is 0.936. The fourth-order valence-corrected chi connectivity index (χ4v) is 3.60. The molecular formula is C18H16ClN3O3S. The number of halogens is 1. The molecule has 3 rings (SSSR count). The first-order valence-corrected chi connectivity index (χ1v) is 9.99. The van der Waals surface area contributed by atoms with Crippen molar-refractivity contribution in [1.29, 1.82) is 0 Å². The van der Waals surface area contributed by atoms with E-state index in [1.54, 1.807) is 35.1 Å². The highest BCUT2D eigenvalue weighted by molar-refractivity contribution is 7.90. The van der Waals surface area contributed by atoms with E-state index in [4.69, 9.17) is 11.6 Å². The first-order chi connectivity index (χ1) is 12.4. The molecule has 1 aromatic heterocycles. The third-order valence-electron chi connectivity index (χ3n) is 3.77. The molecule has 0 radical (unpaired) electrons. The number of hydrogen-bond donors (Lipinski definition) is 1. The third kappa shape index (κ3) is 3.95. The molecule has 3 aromatic rings. The van der Waals surface area contributed by atoms with E-state index in [1.807, 2.05) is 18.2 Å². The van der Waals surface area contributed by atoms with Gasteiger partial charge in [0, 0.05) is 17.3 Å². The molecule has 26 heavy (non-hydrogen) atoms. The number of carbonyl (C=O) groups is 1. The molecular weight excluding hydrogens is 374 g/mol. The fraction of sp³-hybridized carbons (Fsp3) is 0.111. The van der Waals surface area contributed by atoms with Crippen LogP contribution in [-0.2, 0) is 16.4 Å². The smallest absolute Gasteiger partial charge is 0.258 e. The van der Waals surface area contributed by atoms with E-state index in [0.29, 0.717) is 17.4 Å². The summed E-state index contributed by atoms with van der Waals surface area (Å²) in [6.45, 7) is 0.371. The minimum absolute atomic E-state index is 0.0188. The van der Waals surface area contributed by atoms with Gasteiger partial charge in [-0.05, 0) is 23.8 Å². The van der Waals surface area contributed by atoms with E-state index in [1.165, 1.54) is 12.1 Å². The van der Waals surface area contributed by atoms with Crippen molar-refractivity contribution in [2.24, 2.45) is 0 Å². The SMILES string of the molecule is CS(=O)(=O)c1ccccc1C(=O)Nc1ccnn1Cc1ccccc1Cl. The van der Waals surface area contributed by atoms with Crippen LogP contribution >= 0.6 is 11.6 Å². The zero-order valence-corrected chi connectivity index (χ0v) is 15.5. The molecule has 6 nitrogen and oxygen atoms in total. The van der Waals surface area contributed by atoms with Crippen molar-refractivity contribution >= 4 is 33.2 Å². The number of benzene rings is 2. The van der Waals surface area contributed by atoms with E-state index in [2.05, 4.69) is 10.4 Å². The van der Waals surface area contributed by atoms with Crippen LogP contribution in [-0.4, -0.2) is 30.4 Å². The second kappa shape index (κ2) is 7.31. The van der Waals surface area contributed by atoms with Crippen molar-refractivity contribution in [1.82, 2.24) is 9.78 Å². The maximum Gasteiger partial charge on any atom is 0.258 e. The molecule has 0 aliphatic carbocycles. The van der Waals surface area contributed by atoms with Gasteiger partial charge in [-0.15, -0.1) is 0 Å².